The van der Waals surface area contributed by atoms with E-state index < -0.39 is 24.0 Å². The summed E-state index contributed by atoms with van der Waals surface area (Å²) in [4.78, 5) is 34.4. The molecule has 7 nitrogen and oxygen atoms in total. The van der Waals surface area contributed by atoms with Crippen LogP contribution in [0, 0.1) is 11.3 Å². The minimum atomic E-state index is -0.775. The van der Waals surface area contributed by atoms with E-state index in [9.17, 15) is 14.4 Å². The molecule has 0 aliphatic carbocycles. The van der Waals surface area contributed by atoms with Crippen molar-refractivity contribution in [1.29, 1.82) is 5.26 Å². The highest BCUT2D eigenvalue weighted by molar-refractivity contribution is 5.93. The molecule has 0 spiro atoms. The molecular formula is C12H17N3O4. The summed E-state index contributed by atoms with van der Waals surface area (Å²) in [6.07, 6.45) is 1.88. The van der Waals surface area contributed by atoms with Crippen molar-refractivity contribution in [3.8, 4) is 6.07 Å². The number of carbonyl (C=O) groups excluding carboxylic acids is 3. The fraction of sp³-hybridized carbons (Fsp3) is 0.667. The van der Waals surface area contributed by atoms with Gasteiger partial charge >= 0.3 is 5.97 Å². The van der Waals surface area contributed by atoms with E-state index in [4.69, 9.17) is 5.26 Å². The van der Waals surface area contributed by atoms with E-state index in [1.54, 1.807) is 0 Å². The molecule has 19 heavy (non-hydrogen) atoms. The maximum atomic E-state index is 11.9. The minimum Gasteiger partial charge on any atom is -0.467 e. The highest BCUT2D eigenvalue weighted by Crippen LogP contribution is 2.08. The SMILES string of the molecule is COC(=O)[C@@H](CCCC#N)NC(=O)[C@H]1CCC(=O)N1. The van der Waals surface area contributed by atoms with Crippen LogP contribution in [-0.2, 0) is 19.1 Å². The summed E-state index contributed by atoms with van der Waals surface area (Å²) in [7, 11) is 1.24. The Morgan fingerprint density at radius 1 is 1.63 bits per heavy atom. The molecule has 0 aromatic carbocycles. The number of ether oxygens (including phenoxy) is 1. The molecule has 0 aromatic heterocycles. The van der Waals surface area contributed by atoms with Gasteiger partial charge in [-0.3, -0.25) is 9.59 Å². The lowest BCUT2D eigenvalue weighted by molar-refractivity contribution is -0.145. The van der Waals surface area contributed by atoms with Crippen LogP contribution >= 0.6 is 0 Å². The summed E-state index contributed by atoms with van der Waals surface area (Å²) in [5.74, 6) is -1.10. The first-order valence-electron chi connectivity index (χ1n) is 6.13. The highest BCUT2D eigenvalue weighted by atomic mass is 16.5. The van der Waals surface area contributed by atoms with Gasteiger partial charge in [-0.1, -0.05) is 0 Å². The number of rotatable bonds is 6. The van der Waals surface area contributed by atoms with Gasteiger partial charge in [0, 0.05) is 12.8 Å². The molecule has 2 atom stereocenters. The number of nitriles is 1. The Bertz CT molecular complexity index is 402. The van der Waals surface area contributed by atoms with Crippen molar-refractivity contribution in [1.82, 2.24) is 10.6 Å². The van der Waals surface area contributed by atoms with Gasteiger partial charge in [-0.25, -0.2) is 4.79 Å². The van der Waals surface area contributed by atoms with Crippen LogP contribution in [0.1, 0.15) is 32.1 Å². The molecule has 1 heterocycles. The van der Waals surface area contributed by atoms with E-state index in [2.05, 4.69) is 15.4 Å². The number of carbonyl (C=O) groups is 3. The smallest absolute Gasteiger partial charge is 0.328 e. The molecule has 1 aliphatic rings. The van der Waals surface area contributed by atoms with Crippen LogP contribution < -0.4 is 10.6 Å². The molecule has 104 valence electrons. The Labute approximate surface area is 111 Å². The Kier molecular flexibility index (Phi) is 5.79. The van der Waals surface area contributed by atoms with Gasteiger partial charge in [-0.15, -0.1) is 0 Å². The number of hydrogen-bond donors (Lipinski definition) is 2. The van der Waals surface area contributed by atoms with Gasteiger partial charge in [0.25, 0.3) is 0 Å². The zero-order valence-electron chi connectivity index (χ0n) is 10.8. The third kappa shape index (κ3) is 4.58. The first-order chi connectivity index (χ1) is 9.08. The largest absolute Gasteiger partial charge is 0.467 e. The van der Waals surface area contributed by atoms with Crippen molar-refractivity contribution in [2.75, 3.05) is 7.11 Å². The van der Waals surface area contributed by atoms with Crippen LogP contribution in [0.2, 0.25) is 0 Å². The Hall–Kier alpha value is -2.10. The lowest BCUT2D eigenvalue weighted by Gasteiger charge is -2.18. The fourth-order valence-electron chi connectivity index (χ4n) is 1.86. The second kappa shape index (κ2) is 7.36. The summed E-state index contributed by atoms with van der Waals surface area (Å²) in [6.45, 7) is 0. The van der Waals surface area contributed by atoms with Crippen LogP contribution in [-0.4, -0.2) is 37.0 Å². The molecule has 7 heteroatoms. The van der Waals surface area contributed by atoms with Crippen LogP contribution in [0.15, 0.2) is 0 Å². The van der Waals surface area contributed by atoms with Crippen molar-refractivity contribution in [3.63, 3.8) is 0 Å². The average Bonchev–Trinajstić information content (AvgIpc) is 2.83. The number of nitrogens with zero attached hydrogens (tertiary/aromatic N) is 1. The summed E-state index contributed by atoms with van der Waals surface area (Å²) >= 11 is 0. The number of nitrogens with one attached hydrogen (secondary N) is 2. The quantitative estimate of drug-likeness (QED) is 0.503. The zero-order valence-corrected chi connectivity index (χ0v) is 10.8. The van der Waals surface area contributed by atoms with Gasteiger partial charge in [0.1, 0.15) is 12.1 Å². The van der Waals surface area contributed by atoms with E-state index in [0.29, 0.717) is 32.1 Å². The molecule has 1 fully saturated rings. The summed E-state index contributed by atoms with van der Waals surface area (Å²) in [5.41, 5.74) is 0. The van der Waals surface area contributed by atoms with Crippen molar-refractivity contribution < 1.29 is 19.1 Å². The second-order valence-corrected chi connectivity index (χ2v) is 4.29. The number of amides is 2. The van der Waals surface area contributed by atoms with Crippen molar-refractivity contribution >= 4 is 17.8 Å². The maximum absolute atomic E-state index is 11.9. The molecule has 0 unspecified atom stereocenters. The van der Waals surface area contributed by atoms with Crippen LogP contribution in [0.5, 0.6) is 0 Å². The third-order valence-electron chi connectivity index (χ3n) is 2.90. The molecule has 0 saturated carbocycles. The Morgan fingerprint density at radius 2 is 2.37 bits per heavy atom. The summed E-state index contributed by atoms with van der Waals surface area (Å²) < 4.78 is 4.60. The zero-order chi connectivity index (χ0) is 14.3. The fourth-order valence-corrected chi connectivity index (χ4v) is 1.86. The number of unbranched alkanes of at least 4 members (excludes halogenated alkanes) is 1. The van der Waals surface area contributed by atoms with Crippen LogP contribution in [0.3, 0.4) is 0 Å². The van der Waals surface area contributed by atoms with E-state index in [-0.39, 0.29) is 5.91 Å². The lowest BCUT2D eigenvalue weighted by atomic mass is 10.1. The molecule has 1 aliphatic heterocycles. The van der Waals surface area contributed by atoms with Crippen LogP contribution in [0.25, 0.3) is 0 Å². The predicted molar refractivity (Wildman–Crippen MR) is 64.6 cm³/mol. The Morgan fingerprint density at radius 3 is 2.89 bits per heavy atom. The van der Waals surface area contributed by atoms with Crippen LogP contribution in [0.4, 0.5) is 0 Å². The molecule has 2 amide bonds. The van der Waals surface area contributed by atoms with Gasteiger partial charge in [0.05, 0.1) is 13.2 Å². The molecule has 1 saturated heterocycles. The predicted octanol–water partition coefficient (Wildman–Crippen LogP) is -0.383. The van der Waals surface area contributed by atoms with Gasteiger partial charge < -0.3 is 15.4 Å². The standard InChI is InChI=1S/C12H17N3O4/c1-19-12(18)9(4-2-3-7-13)15-11(17)8-5-6-10(16)14-8/h8-9H,2-6H2,1H3,(H,14,16)(H,15,17)/t8-,9-/m1/s1. The Balaban J connectivity index is 2.51. The van der Waals surface area contributed by atoms with E-state index >= 15 is 0 Å². The number of hydrogen-bond acceptors (Lipinski definition) is 5. The van der Waals surface area contributed by atoms with E-state index in [0.717, 1.165) is 0 Å². The lowest BCUT2D eigenvalue weighted by Crippen LogP contribution is -2.49. The van der Waals surface area contributed by atoms with Gasteiger partial charge in [-0.05, 0) is 19.3 Å². The average molecular weight is 267 g/mol. The van der Waals surface area contributed by atoms with Gasteiger partial charge in [0.2, 0.25) is 11.8 Å². The van der Waals surface area contributed by atoms with E-state index in [1.807, 2.05) is 6.07 Å². The highest BCUT2D eigenvalue weighted by Gasteiger charge is 2.30. The molecule has 0 aromatic rings. The molecule has 1 rings (SSSR count). The molecular weight excluding hydrogens is 250 g/mol. The third-order valence-corrected chi connectivity index (χ3v) is 2.90. The topological polar surface area (TPSA) is 108 Å². The van der Waals surface area contributed by atoms with Gasteiger partial charge in [0.15, 0.2) is 0 Å². The molecule has 0 bridgehead atoms. The molecule has 2 N–H and O–H groups in total. The number of esters is 1. The monoisotopic (exact) mass is 267 g/mol. The number of methoxy groups -OCH3 is 1. The van der Waals surface area contributed by atoms with Crippen molar-refractivity contribution in [2.24, 2.45) is 0 Å². The normalized spacial score (nSPS) is 19.2. The first kappa shape index (κ1) is 15.0. The van der Waals surface area contributed by atoms with Crippen molar-refractivity contribution in [3.05, 3.63) is 0 Å². The molecule has 0 radical (unpaired) electrons. The van der Waals surface area contributed by atoms with E-state index in [1.165, 1.54) is 7.11 Å². The second-order valence-electron chi connectivity index (χ2n) is 4.29. The summed E-state index contributed by atoms with van der Waals surface area (Å²) in [6, 6.07) is 0.610. The maximum Gasteiger partial charge on any atom is 0.328 e. The van der Waals surface area contributed by atoms with Crippen molar-refractivity contribution in [2.45, 2.75) is 44.2 Å². The van der Waals surface area contributed by atoms with Gasteiger partial charge in [-0.2, -0.15) is 5.26 Å². The minimum absolute atomic E-state index is 0.167. The summed E-state index contributed by atoms with van der Waals surface area (Å²) in [5, 5.41) is 13.5. The first-order valence-corrected chi connectivity index (χ1v) is 6.13.